The fourth-order valence-corrected chi connectivity index (χ4v) is 1.67. The van der Waals surface area contributed by atoms with Gasteiger partial charge in [-0.15, -0.1) is 12.4 Å². The number of imidazole rings is 1. The molecule has 21 heavy (non-hydrogen) atoms. The number of carbonyl (C=O) groups excluding carboxylic acids is 1. The number of carboxylic acid groups (broad SMARTS) is 1. The van der Waals surface area contributed by atoms with Crippen LogP contribution in [0.15, 0.2) is 12.5 Å². The Morgan fingerprint density at radius 2 is 2.10 bits per heavy atom. The largest absolute Gasteiger partial charge is 0.481 e. The van der Waals surface area contributed by atoms with Gasteiger partial charge in [0.1, 0.15) is 11.6 Å². The Balaban J connectivity index is 0.00000400. The summed E-state index contributed by atoms with van der Waals surface area (Å²) >= 11 is 0. The molecule has 1 aromatic rings. The number of nitrogens with zero attached hydrogens (tertiary/aromatic N) is 2. The molecule has 3 N–H and O–H groups in total. The molecule has 0 saturated carbocycles. The number of hydrogen-bond acceptors (Lipinski definition) is 5. The highest BCUT2D eigenvalue weighted by atomic mass is 35.5. The van der Waals surface area contributed by atoms with E-state index in [1.165, 1.54) is 6.33 Å². The van der Waals surface area contributed by atoms with Crippen molar-refractivity contribution in [2.45, 2.75) is 51.8 Å². The van der Waals surface area contributed by atoms with Gasteiger partial charge in [0, 0.05) is 19.2 Å². The number of aromatic nitrogens is 2. The lowest BCUT2D eigenvalue weighted by Gasteiger charge is -2.24. The normalized spacial score (nSPS) is 12.4. The SMILES string of the molecule is CC(C)(C)OC(=O)C(CCC(=O)O)n1cnc(CN)c1.Cl. The van der Waals surface area contributed by atoms with Crippen LogP contribution in [0.4, 0.5) is 0 Å². The van der Waals surface area contributed by atoms with Gasteiger partial charge in [0.05, 0.1) is 12.0 Å². The Labute approximate surface area is 129 Å². The maximum Gasteiger partial charge on any atom is 0.329 e. The summed E-state index contributed by atoms with van der Waals surface area (Å²) in [6.07, 6.45) is 3.12. The van der Waals surface area contributed by atoms with Crippen LogP contribution in [0.3, 0.4) is 0 Å². The zero-order valence-electron chi connectivity index (χ0n) is 12.4. The van der Waals surface area contributed by atoms with Crippen LogP contribution in [-0.2, 0) is 20.9 Å². The van der Waals surface area contributed by atoms with Gasteiger partial charge in [0.15, 0.2) is 0 Å². The third-order valence-corrected chi connectivity index (χ3v) is 2.53. The second-order valence-electron chi connectivity index (χ2n) is 5.50. The topological polar surface area (TPSA) is 107 Å². The zero-order chi connectivity index (χ0) is 15.3. The van der Waals surface area contributed by atoms with E-state index in [2.05, 4.69) is 4.98 Å². The van der Waals surface area contributed by atoms with Crippen molar-refractivity contribution in [2.75, 3.05) is 0 Å². The highest BCUT2D eigenvalue weighted by Gasteiger charge is 2.27. The second kappa shape index (κ2) is 7.99. The van der Waals surface area contributed by atoms with Gasteiger partial charge in [0.2, 0.25) is 0 Å². The van der Waals surface area contributed by atoms with Gasteiger partial charge < -0.3 is 20.1 Å². The lowest BCUT2D eigenvalue weighted by molar-refractivity contribution is -0.159. The summed E-state index contributed by atoms with van der Waals surface area (Å²) in [5.41, 5.74) is 5.48. The van der Waals surface area contributed by atoms with Crippen molar-refractivity contribution < 1.29 is 19.4 Å². The molecule has 120 valence electrons. The summed E-state index contributed by atoms with van der Waals surface area (Å²) in [5.74, 6) is -1.43. The molecule has 0 bridgehead atoms. The lowest BCUT2D eigenvalue weighted by atomic mass is 10.1. The molecule has 0 aromatic carbocycles. The van der Waals surface area contributed by atoms with E-state index in [9.17, 15) is 9.59 Å². The Hall–Kier alpha value is -1.60. The second-order valence-corrected chi connectivity index (χ2v) is 5.50. The molecule has 0 saturated heterocycles. The fourth-order valence-electron chi connectivity index (χ4n) is 1.67. The number of carbonyl (C=O) groups is 2. The number of hydrogen-bond donors (Lipinski definition) is 2. The van der Waals surface area contributed by atoms with E-state index in [-0.39, 0.29) is 31.8 Å². The van der Waals surface area contributed by atoms with Crippen LogP contribution >= 0.6 is 12.4 Å². The van der Waals surface area contributed by atoms with Crippen molar-refractivity contribution in [3.8, 4) is 0 Å². The minimum Gasteiger partial charge on any atom is -0.481 e. The van der Waals surface area contributed by atoms with Crippen LogP contribution in [0.2, 0.25) is 0 Å². The van der Waals surface area contributed by atoms with Gasteiger partial charge in [-0.05, 0) is 27.2 Å². The maximum absolute atomic E-state index is 12.2. The van der Waals surface area contributed by atoms with E-state index < -0.39 is 23.6 Å². The molecule has 1 aromatic heterocycles. The quantitative estimate of drug-likeness (QED) is 0.769. The predicted molar refractivity (Wildman–Crippen MR) is 79.1 cm³/mol. The first-order valence-electron chi connectivity index (χ1n) is 6.40. The summed E-state index contributed by atoms with van der Waals surface area (Å²) in [6, 6.07) is -0.710. The molecule has 1 atom stereocenters. The van der Waals surface area contributed by atoms with Gasteiger partial charge in [-0.1, -0.05) is 0 Å². The summed E-state index contributed by atoms with van der Waals surface area (Å²) in [6.45, 7) is 5.54. The number of esters is 1. The molecule has 0 spiro atoms. The van der Waals surface area contributed by atoms with Crippen LogP contribution in [0.5, 0.6) is 0 Å². The summed E-state index contributed by atoms with van der Waals surface area (Å²) in [7, 11) is 0. The molecule has 0 radical (unpaired) electrons. The average molecular weight is 320 g/mol. The lowest BCUT2D eigenvalue weighted by Crippen LogP contribution is -2.30. The Morgan fingerprint density at radius 3 is 2.52 bits per heavy atom. The number of rotatable bonds is 6. The van der Waals surface area contributed by atoms with Crippen molar-refractivity contribution in [2.24, 2.45) is 5.73 Å². The minimum absolute atomic E-state index is 0. The molecular weight excluding hydrogens is 298 g/mol. The first kappa shape index (κ1) is 19.4. The van der Waals surface area contributed by atoms with E-state index in [4.69, 9.17) is 15.6 Å². The molecule has 7 nitrogen and oxygen atoms in total. The Morgan fingerprint density at radius 1 is 1.48 bits per heavy atom. The van der Waals surface area contributed by atoms with Gasteiger partial charge in [-0.25, -0.2) is 9.78 Å². The third kappa shape index (κ3) is 6.59. The van der Waals surface area contributed by atoms with Crippen LogP contribution in [0.1, 0.15) is 45.3 Å². The fraction of sp³-hybridized carbons (Fsp3) is 0.615. The summed E-state index contributed by atoms with van der Waals surface area (Å²) in [4.78, 5) is 26.9. The highest BCUT2D eigenvalue weighted by molar-refractivity contribution is 5.85. The van der Waals surface area contributed by atoms with Crippen molar-refractivity contribution in [3.05, 3.63) is 18.2 Å². The van der Waals surface area contributed by atoms with Crippen LogP contribution in [-0.4, -0.2) is 32.2 Å². The predicted octanol–water partition coefficient (Wildman–Crippen LogP) is 1.51. The molecule has 0 aliphatic heterocycles. The van der Waals surface area contributed by atoms with Crippen LogP contribution in [0.25, 0.3) is 0 Å². The average Bonchev–Trinajstić information content (AvgIpc) is 2.75. The zero-order valence-corrected chi connectivity index (χ0v) is 13.2. The Kier molecular flexibility index (Phi) is 7.38. The van der Waals surface area contributed by atoms with Gasteiger partial charge in [0.25, 0.3) is 0 Å². The molecule has 1 heterocycles. The standard InChI is InChI=1S/C13H21N3O4.ClH/c1-13(2,3)20-12(19)10(4-5-11(17)18)16-7-9(6-14)15-8-16;/h7-8,10H,4-6,14H2,1-3H3,(H,17,18);1H. The molecule has 0 aliphatic rings. The van der Waals surface area contributed by atoms with Crippen LogP contribution < -0.4 is 5.73 Å². The maximum atomic E-state index is 12.2. The smallest absolute Gasteiger partial charge is 0.329 e. The molecular formula is C13H22ClN3O4. The third-order valence-electron chi connectivity index (χ3n) is 2.53. The molecule has 0 amide bonds. The molecule has 0 fully saturated rings. The first-order valence-corrected chi connectivity index (χ1v) is 6.40. The van der Waals surface area contributed by atoms with E-state index >= 15 is 0 Å². The number of ether oxygens (including phenoxy) is 1. The highest BCUT2D eigenvalue weighted by Crippen LogP contribution is 2.20. The number of aliphatic carboxylic acids is 1. The Bertz CT molecular complexity index is 482. The molecule has 0 aliphatic carbocycles. The van der Waals surface area contributed by atoms with Crippen molar-refractivity contribution in [3.63, 3.8) is 0 Å². The summed E-state index contributed by atoms with van der Waals surface area (Å²) < 4.78 is 6.87. The summed E-state index contributed by atoms with van der Waals surface area (Å²) in [5, 5.41) is 8.78. The van der Waals surface area contributed by atoms with Gasteiger partial charge in [-0.2, -0.15) is 0 Å². The van der Waals surface area contributed by atoms with E-state index in [0.29, 0.717) is 5.69 Å². The monoisotopic (exact) mass is 319 g/mol. The van der Waals surface area contributed by atoms with Crippen molar-refractivity contribution >= 4 is 24.3 Å². The minimum atomic E-state index is -0.960. The first-order chi connectivity index (χ1) is 9.23. The van der Waals surface area contributed by atoms with Crippen molar-refractivity contribution in [1.82, 2.24) is 9.55 Å². The number of nitrogens with two attached hydrogens (primary N) is 1. The van der Waals surface area contributed by atoms with E-state index in [1.807, 2.05) is 0 Å². The molecule has 8 heteroatoms. The van der Waals surface area contributed by atoms with E-state index in [1.54, 1.807) is 31.5 Å². The van der Waals surface area contributed by atoms with Gasteiger partial charge >= 0.3 is 11.9 Å². The van der Waals surface area contributed by atoms with Crippen molar-refractivity contribution in [1.29, 1.82) is 0 Å². The number of carboxylic acids is 1. The van der Waals surface area contributed by atoms with E-state index in [0.717, 1.165) is 0 Å². The van der Waals surface area contributed by atoms with Crippen LogP contribution in [0, 0.1) is 0 Å². The molecule has 1 rings (SSSR count). The van der Waals surface area contributed by atoms with Gasteiger partial charge in [-0.3, -0.25) is 4.79 Å². The molecule has 1 unspecified atom stereocenters. The number of halogens is 1.